The Morgan fingerprint density at radius 1 is 0.818 bits per heavy atom. The fourth-order valence-corrected chi connectivity index (χ4v) is 2.69. The Morgan fingerprint density at radius 2 is 1.55 bits per heavy atom. The lowest BCUT2D eigenvalue weighted by Crippen LogP contribution is -1.98. The van der Waals surface area contributed by atoms with Crippen LogP contribution in [0.25, 0.3) is 11.1 Å². The highest BCUT2D eigenvalue weighted by Gasteiger charge is 2.12. The molecule has 0 radical (unpaired) electrons. The molecule has 2 heteroatoms. The van der Waals surface area contributed by atoms with E-state index in [1.165, 1.54) is 5.56 Å². The maximum Gasteiger partial charge on any atom is 0.123 e. The van der Waals surface area contributed by atoms with E-state index in [0.717, 1.165) is 22.4 Å². The van der Waals surface area contributed by atoms with E-state index < -0.39 is 0 Å². The van der Waals surface area contributed by atoms with Crippen LogP contribution in [0.3, 0.4) is 0 Å². The van der Waals surface area contributed by atoms with Gasteiger partial charge in [0.2, 0.25) is 0 Å². The second kappa shape index (κ2) is 5.94. The summed E-state index contributed by atoms with van der Waals surface area (Å²) in [5.41, 5.74) is 10.8. The van der Waals surface area contributed by atoms with E-state index in [0.29, 0.717) is 5.75 Å². The first-order valence-corrected chi connectivity index (χ1v) is 7.39. The van der Waals surface area contributed by atoms with Crippen LogP contribution in [-0.2, 0) is 0 Å². The molecule has 0 aliphatic heterocycles. The third-order valence-corrected chi connectivity index (χ3v) is 4.02. The number of rotatable bonds is 3. The lowest BCUT2D eigenvalue weighted by Gasteiger charge is -2.15. The molecule has 0 saturated heterocycles. The molecule has 0 bridgehead atoms. The third kappa shape index (κ3) is 2.82. The molecule has 0 fully saturated rings. The van der Waals surface area contributed by atoms with Gasteiger partial charge in [-0.3, -0.25) is 0 Å². The maximum atomic E-state index is 10.2. The molecule has 0 heterocycles. The summed E-state index contributed by atoms with van der Waals surface area (Å²) < 4.78 is 0. The van der Waals surface area contributed by atoms with Gasteiger partial charge in [0, 0.05) is 17.2 Å². The summed E-state index contributed by atoms with van der Waals surface area (Å²) in [6.45, 7) is 2.15. The van der Waals surface area contributed by atoms with Crippen LogP contribution in [0.4, 0.5) is 5.69 Å². The molecular weight excluding hydrogens is 270 g/mol. The van der Waals surface area contributed by atoms with Crippen LogP contribution < -0.4 is 5.73 Å². The highest BCUT2D eigenvalue weighted by Crippen LogP contribution is 2.34. The summed E-state index contributed by atoms with van der Waals surface area (Å²) in [5, 5.41) is 10.2. The minimum absolute atomic E-state index is 0.214. The van der Waals surface area contributed by atoms with Gasteiger partial charge in [0.1, 0.15) is 5.75 Å². The van der Waals surface area contributed by atoms with Crippen molar-refractivity contribution >= 4 is 5.69 Å². The molecule has 0 aromatic heterocycles. The average molecular weight is 289 g/mol. The van der Waals surface area contributed by atoms with Crippen molar-refractivity contribution in [3.8, 4) is 16.9 Å². The van der Waals surface area contributed by atoms with Crippen LogP contribution in [0, 0.1) is 0 Å². The molecule has 3 aromatic carbocycles. The van der Waals surface area contributed by atoms with Crippen LogP contribution >= 0.6 is 0 Å². The molecule has 110 valence electrons. The second-order valence-electron chi connectivity index (χ2n) is 5.53. The standard InChI is InChI=1S/C20H19NO/c1-14(16-8-5-9-18(21)12-16)17-10-11-20(22)19(13-17)15-6-3-2-4-7-15/h2-14,22H,21H2,1H3. The summed E-state index contributed by atoms with van der Waals surface area (Å²) in [7, 11) is 0. The Labute approximate surface area is 130 Å². The van der Waals surface area contributed by atoms with Crippen molar-refractivity contribution in [1.82, 2.24) is 0 Å². The summed E-state index contributed by atoms with van der Waals surface area (Å²) >= 11 is 0. The second-order valence-corrected chi connectivity index (χ2v) is 5.53. The number of hydrogen-bond acceptors (Lipinski definition) is 2. The zero-order valence-corrected chi connectivity index (χ0v) is 12.5. The quantitative estimate of drug-likeness (QED) is 0.681. The molecule has 0 aliphatic rings. The van der Waals surface area contributed by atoms with Crippen molar-refractivity contribution in [2.24, 2.45) is 0 Å². The van der Waals surface area contributed by atoms with Gasteiger partial charge < -0.3 is 10.8 Å². The number of aromatic hydroxyl groups is 1. The lowest BCUT2D eigenvalue weighted by molar-refractivity contribution is 0.477. The zero-order valence-electron chi connectivity index (χ0n) is 12.5. The van der Waals surface area contributed by atoms with Gasteiger partial charge in [-0.2, -0.15) is 0 Å². The van der Waals surface area contributed by atoms with Crippen molar-refractivity contribution < 1.29 is 5.11 Å². The minimum atomic E-state index is 0.214. The van der Waals surface area contributed by atoms with Gasteiger partial charge >= 0.3 is 0 Å². The van der Waals surface area contributed by atoms with Crippen molar-refractivity contribution in [3.63, 3.8) is 0 Å². The molecular formula is C20H19NO. The Bertz CT molecular complexity index is 781. The number of nitrogens with two attached hydrogens (primary N) is 1. The number of hydrogen-bond donors (Lipinski definition) is 2. The largest absolute Gasteiger partial charge is 0.507 e. The van der Waals surface area contributed by atoms with Gasteiger partial charge in [-0.15, -0.1) is 0 Å². The van der Waals surface area contributed by atoms with Crippen molar-refractivity contribution in [2.45, 2.75) is 12.8 Å². The summed E-state index contributed by atoms with van der Waals surface area (Å²) in [6.07, 6.45) is 0. The molecule has 3 aromatic rings. The minimum Gasteiger partial charge on any atom is -0.507 e. The Balaban J connectivity index is 2.02. The first-order chi connectivity index (χ1) is 10.6. The van der Waals surface area contributed by atoms with Crippen LogP contribution in [0.2, 0.25) is 0 Å². The fraction of sp³-hybridized carbons (Fsp3) is 0.100. The Kier molecular flexibility index (Phi) is 3.84. The Hall–Kier alpha value is -2.74. The number of nitrogen functional groups attached to an aromatic ring is 1. The maximum absolute atomic E-state index is 10.2. The van der Waals surface area contributed by atoms with E-state index in [9.17, 15) is 5.11 Å². The molecule has 2 nitrogen and oxygen atoms in total. The Morgan fingerprint density at radius 3 is 2.27 bits per heavy atom. The van der Waals surface area contributed by atoms with Gasteiger partial charge in [-0.25, -0.2) is 0 Å². The van der Waals surface area contributed by atoms with E-state index in [1.54, 1.807) is 6.07 Å². The lowest BCUT2D eigenvalue weighted by atomic mass is 9.90. The van der Waals surface area contributed by atoms with Gasteiger partial charge in [0.25, 0.3) is 0 Å². The molecule has 1 unspecified atom stereocenters. The molecule has 0 spiro atoms. The van der Waals surface area contributed by atoms with E-state index in [1.807, 2.05) is 54.6 Å². The molecule has 3 N–H and O–H groups in total. The average Bonchev–Trinajstić information content (AvgIpc) is 2.55. The fourth-order valence-electron chi connectivity index (χ4n) is 2.69. The summed E-state index contributed by atoms with van der Waals surface area (Å²) in [6, 6.07) is 23.7. The number of phenolic OH excluding ortho intramolecular Hbond substituents is 1. The number of benzene rings is 3. The first kappa shape index (κ1) is 14.2. The number of anilines is 1. The van der Waals surface area contributed by atoms with Gasteiger partial charge in [-0.05, 0) is 41.0 Å². The van der Waals surface area contributed by atoms with E-state index >= 15 is 0 Å². The van der Waals surface area contributed by atoms with E-state index in [2.05, 4.69) is 19.1 Å². The normalized spacial score (nSPS) is 12.0. The summed E-state index contributed by atoms with van der Waals surface area (Å²) in [5.74, 6) is 0.515. The predicted octanol–water partition coefficient (Wildman–Crippen LogP) is 4.79. The SMILES string of the molecule is CC(c1cccc(N)c1)c1ccc(O)c(-c2ccccc2)c1. The highest BCUT2D eigenvalue weighted by atomic mass is 16.3. The van der Waals surface area contributed by atoms with E-state index in [-0.39, 0.29) is 5.92 Å². The van der Waals surface area contributed by atoms with Crippen LogP contribution in [0.1, 0.15) is 24.0 Å². The van der Waals surface area contributed by atoms with Crippen LogP contribution in [0.5, 0.6) is 5.75 Å². The molecule has 0 amide bonds. The number of phenols is 1. The highest BCUT2D eigenvalue weighted by molar-refractivity contribution is 5.71. The van der Waals surface area contributed by atoms with Crippen LogP contribution in [-0.4, -0.2) is 5.11 Å². The summed E-state index contributed by atoms with van der Waals surface area (Å²) in [4.78, 5) is 0. The van der Waals surface area contributed by atoms with Crippen LogP contribution in [0.15, 0.2) is 72.8 Å². The van der Waals surface area contributed by atoms with Crippen molar-refractivity contribution in [1.29, 1.82) is 0 Å². The van der Waals surface area contributed by atoms with E-state index in [4.69, 9.17) is 5.73 Å². The van der Waals surface area contributed by atoms with Gasteiger partial charge in [-0.1, -0.05) is 55.5 Å². The third-order valence-electron chi connectivity index (χ3n) is 4.02. The topological polar surface area (TPSA) is 46.2 Å². The van der Waals surface area contributed by atoms with Crippen molar-refractivity contribution in [3.05, 3.63) is 83.9 Å². The van der Waals surface area contributed by atoms with Gasteiger partial charge in [0.15, 0.2) is 0 Å². The molecule has 22 heavy (non-hydrogen) atoms. The smallest absolute Gasteiger partial charge is 0.123 e. The molecule has 3 rings (SSSR count). The van der Waals surface area contributed by atoms with Gasteiger partial charge in [0.05, 0.1) is 0 Å². The molecule has 0 saturated carbocycles. The molecule has 1 atom stereocenters. The molecule has 0 aliphatic carbocycles. The predicted molar refractivity (Wildman–Crippen MR) is 91.9 cm³/mol. The zero-order chi connectivity index (χ0) is 15.5. The monoisotopic (exact) mass is 289 g/mol. The van der Waals surface area contributed by atoms with Crippen molar-refractivity contribution in [2.75, 3.05) is 5.73 Å². The first-order valence-electron chi connectivity index (χ1n) is 7.39.